The summed E-state index contributed by atoms with van der Waals surface area (Å²) in [5, 5.41) is 9.28. The minimum absolute atomic E-state index is 0.0310. The van der Waals surface area contributed by atoms with Crippen LogP contribution in [0.4, 0.5) is 0 Å². The average Bonchev–Trinajstić information content (AvgIpc) is 2.69. The van der Waals surface area contributed by atoms with E-state index in [2.05, 4.69) is 65.8 Å². The minimum atomic E-state index is -0.0310. The molecule has 0 aliphatic rings. The summed E-state index contributed by atoms with van der Waals surface area (Å²) in [6, 6.07) is 0. The molecule has 0 spiro atoms. The van der Waals surface area contributed by atoms with Gasteiger partial charge in [-0.3, -0.25) is 0 Å². The Hall–Kier alpha value is -0.560. The van der Waals surface area contributed by atoms with E-state index >= 15 is 0 Å². The van der Waals surface area contributed by atoms with Crippen molar-refractivity contribution in [3.05, 3.63) is 24.3 Å². The molecule has 0 radical (unpaired) electrons. The van der Waals surface area contributed by atoms with Gasteiger partial charge in [0.15, 0.2) is 0 Å². The van der Waals surface area contributed by atoms with Crippen LogP contribution in [0, 0.1) is 0 Å². The zero-order valence-electron chi connectivity index (χ0n) is 20.6. The zero-order valence-corrected chi connectivity index (χ0v) is 20.6. The normalized spacial score (nSPS) is 11.8. The summed E-state index contributed by atoms with van der Waals surface area (Å²) in [5.41, 5.74) is 0. The quantitative estimate of drug-likeness (QED) is 0.203. The first-order valence-corrected chi connectivity index (χ1v) is 12.6. The van der Waals surface area contributed by atoms with Crippen molar-refractivity contribution in [2.75, 3.05) is 0 Å². The number of hydrogen-bond donors (Lipinski definition) is 1. The van der Waals surface area contributed by atoms with E-state index in [1.807, 2.05) is 0 Å². The number of aliphatic hydroxyl groups is 1. The Morgan fingerprint density at radius 1 is 0.500 bits per heavy atom. The first kappa shape index (κ1) is 32.1. The van der Waals surface area contributed by atoms with Gasteiger partial charge in [0.2, 0.25) is 0 Å². The molecule has 1 heteroatoms. The highest BCUT2D eigenvalue weighted by Gasteiger charge is 2.00. The SMILES string of the molecule is CC/C=C\CCCCC.CCC/C=C/CCCC.CCCCC[C@H](O)CCC. The van der Waals surface area contributed by atoms with Crippen LogP contribution in [0.5, 0.6) is 0 Å². The Labute approximate surface area is 180 Å². The smallest absolute Gasteiger partial charge is 0.0540 e. The van der Waals surface area contributed by atoms with Gasteiger partial charge in [0.05, 0.1) is 6.10 Å². The third-order valence-electron chi connectivity index (χ3n) is 4.49. The van der Waals surface area contributed by atoms with Crippen LogP contribution in [-0.2, 0) is 0 Å². The van der Waals surface area contributed by atoms with Gasteiger partial charge in [0, 0.05) is 0 Å². The lowest BCUT2D eigenvalue weighted by Gasteiger charge is -2.07. The molecule has 0 rings (SSSR count). The maximum Gasteiger partial charge on any atom is 0.0540 e. The largest absolute Gasteiger partial charge is 0.393 e. The Morgan fingerprint density at radius 3 is 1.57 bits per heavy atom. The molecular weight excluding hydrogens is 340 g/mol. The van der Waals surface area contributed by atoms with Crippen molar-refractivity contribution in [2.24, 2.45) is 0 Å². The summed E-state index contributed by atoms with van der Waals surface area (Å²) in [5.74, 6) is 0. The predicted octanol–water partition coefficient (Wildman–Crippen LogP) is 9.79. The zero-order chi connectivity index (χ0) is 21.7. The van der Waals surface area contributed by atoms with E-state index < -0.39 is 0 Å². The van der Waals surface area contributed by atoms with E-state index in [1.165, 1.54) is 83.5 Å². The molecule has 0 saturated carbocycles. The van der Waals surface area contributed by atoms with Crippen LogP contribution < -0.4 is 0 Å². The summed E-state index contributed by atoms with van der Waals surface area (Å²) in [4.78, 5) is 0. The van der Waals surface area contributed by atoms with E-state index in [0.717, 1.165) is 19.3 Å². The molecule has 0 aromatic heterocycles. The van der Waals surface area contributed by atoms with Crippen molar-refractivity contribution >= 4 is 0 Å². The van der Waals surface area contributed by atoms with Crippen LogP contribution in [0.1, 0.15) is 144 Å². The van der Waals surface area contributed by atoms with Gasteiger partial charge >= 0.3 is 0 Å². The highest BCUT2D eigenvalue weighted by atomic mass is 16.3. The standard InChI is InChI=1S/C9H20O.2C9H18/c1-3-5-6-8-9(10)7-4-2;2*1-3-5-7-9-8-6-4-2/h9-10H,3-8H2,1-2H3;7,9H,3-6,8H2,1-2H3;5,7H,3-4,6,8-9H2,1-2H3/b;9-7+;7-5-/t9-;;/m1../s1. The van der Waals surface area contributed by atoms with Crippen molar-refractivity contribution < 1.29 is 5.11 Å². The summed E-state index contributed by atoms with van der Waals surface area (Å²) in [7, 11) is 0. The third kappa shape index (κ3) is 40.2. The molecule has 0 unspecified atom stereocenters. The molecule has 28 heavy (non-hydrogen) atoms. The Balaban J connectivity index is -0.000000336. The lowest BCUT2D eigenvalue weighted by atomic mass is 10.1. The Kier molecular flexibility index (Phi) is 39.0. The lowest BCUT2D eigenvalue weighted by Crippen LogP contribution is -2.04. The molecular formula is C27H56O. The monoisotopic (exact) mass is 396 g/mol. The molecule has 0 heterocycles. The minimum Gasteiger partial charge on any atom is -0.393 e. The van der Waals surface area contributed by atoms with Gasteiger partial charge in [-0.1, -0.05) is 124 Å². The summed E-state index contributed by atoms with van der Waals surface area (Å²) in [6.45, 7) is 13.2. The molecule has 0 amide bonds. The predicted molar refractivity (Wildman–Crippen MR) is 132 cm³/mol. The van der Waals surface area contributed by atoms with E-state index in [9.17, 15) is 5.11 Å². The van der Waals surface area contributed by atoms with Gasteiger partial charge in [-0.05, 0) is 44.9 Å². The lowest BCUT2D eigenvalue weighted by molar-refractivity contribution is 0.150. The summed E-state index contributed by atoms with van der Waals surface area (Å²) >= 11 is 0. The van der Waals surface area contributed by atoms with Gasteiger partial charge in [-0.25, -0.2) is 0 Å². The molecule has 0 fully saturated rings. The highest BCUT2D eigenvalue weighted by Crippen LogP contribution is 2.07. The van der Waals surface area contributed by atoms with Crippen LogP contribution >= 0.6 is 0 Å². The van der Waals surface area contributed by atoms with Crippen LogP contribution in [-0.4, -0.2) is 11.2 Å². The average molecular weight is 397 g/mol. The molecule has 170 valence electrons. The first-order chi connectivity index (χ1) is 13.6. The molecule has 1 nitrogen and oxygen atoms in total. The third-order valence-corrected chi connectivity index (χ3v) is 4.49. The van der Waals surface area contributed by atoms with Gasteiger partial charge < -0.3 is 5.11 Å². The maximum atomic E-state index is 9.28. The molecule has 0 aromatic rings. The number of hydrogen-bond acceptors (Lipinski definition) is 1. The van der Waals surface area contributed by atoms with Crippen LogP contribution in [0.25, 0.3) is 0 Å². The molecule has 0 aliphatic carbocycles. The molecule has 0 saturated heterocycles. The van der Waals surface area contributed by atoms with Gasteiger partial charge in [0.25, 0.3) is 0 Å². The summed E-state index contributed by atoms with van der Waals surface area (Å²) < 4.78 is 0. The first-order valence-electron chi connectivity index (χ1n) is 12.6. The Bertz CT molecular complexity index is 280. The second-order valence-corrected chi connectivity index (χ2v) is 7.72. The van der Waals surface area contributed by atoms with Crippen molar-refractivity contribution in [1.29, 1.82) is 0 Å². The highest BCUT2D eigenvalue weighted by molar-refractivity contribution is 4.80. The molecule has 0 aliphatic heterocycles. The number of unbranched alkanes of at least 4 members (excludes halogenated alkanes) is 8. The van der Waals surface area contributed by atoms with E-state index in [1.54, 1.807) is 0 Å². The summed E-state index contributed by atoms with van der Waals surface area (Å²) in [6.07, 6.45) is 28.9. The fourth-order valence-corrected chi connectivity index (χ4v) is 2.63. The van der Waals surface area contributed by atoms with Gasteiger partial charge in [0.1, 0.15) is 0 Å². The van der Waals surface area contributed by atoms with E-state index in [-0.39, 0.29) is 6.10 Å². The molecule has 1 atom stereocenters. The fraction of sp³-hybridized carbons (Fsp3) is 0.852. The van der Waals surface area contributed by atoms with E-state index in [0.29, 0.717) is 0 Å². The van der Waals surface area contributed by atoms with Crippen LogP contribution in [0.3, 0.4) is 0 Å². The van der Waals surface area contributed by atoms with Gasteiger partial charge in [-0.2, -0.15) is 0 Å². The van der Waals surface area contributed by atoms with Crippen molar-refractivity contribution in [1.82, 2.24) is 0 Å². The van der Waals surface area contributed by atoms with Crippen molar-refractivity contribution in [3.8, 4) is 0 Å². The maximum absolute atomic E-state index is 9.28. The van der Waals surface area contributed by atoms with Crippen LogP contribution in [0.15, 0.2) is 24.3 Å². The second kappa shape index (κ2) is 34.0. The second-order valence-electron chi connectivity index (χ2n) is 7.72. The van der Waals surface area contributed by atoms with E-state index in [4.69, 9.17) is 0 Å². The van der Waals surface area contributed by atoms with Crippen LogP contribution in [0.2, 0.25) is 0 Å². The van der Waals surface area contributed by atoms with Crippen molar-refractivity contribution in [2.45, 2.75) is 150 Å². The van der Waals surface area contributed by atoms with Crippen molar-refractivity contribution in [3.63, 3.8) is 0 Å². The topological polar surface area (TPSA) is 20.2 Å². The molecule has 0 aromatic carbocycles. The number of rotatable bonds is 16. The molecule has 1 N–H and O–H groups in total. The number of allylic oxidation sites excluding steroid dienone is 4. The Morgan fingerprint density at radius 2 is 1.04 bits per heavy atom. The number of aliphatic hydroxyl groups excluding tert-OH is 1. The van der Waals surface area contributed by atoms with Gasteiger partial charge in [-0.15, -0.1) is 0 Å². The fourth-order valence-electron chi connectivity index (χ4n) is 2.63. The molecule has 0 bridgehead atoms.